The SMILES string of the molecule is Cc1ccc(C)c(C(=O)Cc2nc(C)cs2)c1. The molecule has 1 aromatic heterocycles. The Kier molecular flexibility index (Phi) is 3.38. The van der Waals surface area contributed by atoms with Crippen LogP contribution in [-0.4, -0.2) is 10.8 Å². The van der Waals surface area contributed by atoms with E-state index in [1.807, 2.05) is 44.4 Å². The second-order valence-electron chi connectivity index (χ2n) is 4.30. The number of thiazole rings is 1. The first-order chi connectivity index (χ1) is 8.06. The van der Waals surface area contributed by atoms with E-state index < -0.39 is 0 Å². The van der Waals surface area contributed by atoms with Crippen molar-refractivity contribution in [3.63, 3.8) is 0 Å². The molecule has 17 heavy (non-hydrogen) atoms. The Bertz CT molecular complexity index is 557. The van der Waals surface area contributed by atoms with E-state index in [2.05, 4.69) is 4.98 Å². The number of aryl methyl sites for hydroxylation is 3. The van der Waals surface area contributed by atoms with Gasteiger partial charge >= 0.3 is 0 Å². The summed E-state index contributed by atoms with van der Waals surface area (Å²) in [5, 5.41) is 2.87. The molecule has 88 valence electrons. The van der Waals surface area contributed by atoms with Gasteiger partial charge in [0.15, 0.2) is 5.78 Å². The summed E-state index contributed by atoms with van der Waals surface area (Å²) in [6, 6.07) is 5.98. The van der Waals surface area contributed by atoms with E-state index in [-0.39, 0.29) is 5.78 Å². The number of carbonyl (C=O) groups excluding carboxylic acids is 1. The van der Waals surface area contributed by atoms with E-state index in [1.54, 1.807) is 11.3 Å². The minimum atomic E-state index is 0.153. The molecule has 0 amide bonds. The zero-order chi connectivity index (χ0) is 12.4. The standard InChI is InChI=1S/C14H15NOS/c1-9-4-5-10(2)12(6-9)13(16)7-14-15-11(3)8-17-14/h4-6,8H,7H2,1-3H3. The van der Waals surface area contributed by atoms with Crippen LogP contribution in [0.2, 0.25) is 0 Å². The summed E-state index contributed by atoms with van der Waals surface area (Å²) in [5.74, 6) is 0.153. The van der Waals surface area contributed by atoms with Crippen LogP contribution in [0.4, 0.5) is 0 Å². The normalized spacial score (nSPS) is 10.5. The number of Topliss-reactive ketones (excluding diaryl/α,β-unsaturated/α-hetero) is 1. The van der Waals surface area contributed by atoms with Gasteiger partial charge in [-0.3, -0.25) is 4.79 Å². The van der Waals surface area contributed by atoms with E-state index in [0.29, 0.717) is 6.42 Å². The van der Waals surface area contributed by atoms with E-state index in [4.69, 9.17) is 0 Å². The van der Waals surface area contributed by atoms with Crippen molar-refractivity contribution in [3.05, 3.63) is 51.0 Å². The molecule has 3 heteroatoms. The van der Waals surface area contributed by atoms with Crippen molar-refractivity contribution in [1.29, 1.82) is 0 Å². The number of carbonyl (C=O) groups is 1. The van der Waals surface area contributed by atoms with Gasteiger partial charge in [0.2, 0.25) is 0 Å². The molecule has 0 unspecified atom stereocenters. The highest BCUT2D eigenvalue weighted by molar-refractivity contribution is 7.09. The summed E-state index contributed by atoms with van der Waals surface area (Å²) in [7, 11) is 0. The maximum atomic E-state index is 12.2. The maximum absolute atomic E-state index is 12.2. The largest absolute Gasteiger partial charge is 0.294 e. The third kappa shape index (κ3) is 2.80. The van der Waals surface area contributed by atoms with Gasteiger partial charge < -0.3 is 0 Å². The van der Waals surface area contributed by atoms with Crippen molar-refractivity contribution in [2.45, 2.75) is 27.2 Å². The molecule has 0 atom stereocenters. The molecule has 2 rings (SSSR count). The van der Waals surface area contributed by atoms with Crippen LogP contribution in [0, 0.1) is 20.8 Å². The van der Waals surface area contributed by atoms with Gasteiger partial charge in [-0.05, 0) is 32.4 Å². The van der Waals surface area contributed by atoms with Crippen molar-refractivity contribution in [3.8, 4) is 0 Å². The van der Waals surface area contributed by atoms with Crippen molar-refractivity contribution in [2.24, 2.45) is 0 Å². The third-order valence-electron chi connectivity index (χ3n) is 2.67. The van der Waals surface area contributed by atoms with E-state index in [1.165, 1.54) is 0 Å². The Morgan fingerprint density at radius 2 is 2.06 bits per heavy atom. The van der Waals surface area contributed by atoms with Crippen LogP contribution in [0.25, 0.3) is 0 Å². The van der Waals surface area contributed by atoms with E-state index >= 15 is 0 Å². The average Bonchev–Trinajstić information content (AvgIpc) is 2.67. The molecule has 0 saturated heterocycles. The summed E-state index contributed by atoms with van der Waals surface area (Å²) < 4.78 is 0. The molecule has 0 saturated carbocycles. The van der Waals surface area contributed by atoms with E-state index in [0.717, 1.165) is 27.4 Å². The Morgan fingerprint density at radius 1 is 1.29 bits per heavy atom. The topological polar surface area (TPSA) is 30.0 Å². The van der Waals surface area contributed by atoms with Gasteiger partial charge in [-0.1, -0.05) is 17.7 Å². The summed E-state index contributed by atoms with van der Waals surface area (Å²) >= 11 is 1.55. The second-order valence-corrected chi connectivity index (χ2v) is 5.24. The molecule has 0 fully saturated rings. The Balaban J connectivity index is 2.22. The predicted octanol–water partition coefficient (Wildman–Crippen LogP) is 3.49. The predicted molar refractivity (Wildman–Crippen MR) is 70.8 cm³/mol. The van der Waals surface area contributed by atoms with Crippen LogP contribution in [0.1, 0.15) is 32.2 Å². The molecular weight excluding hydrogens is 230 g/mol. The number of ketones is 1. The summed E-state index contributed by atoms with van der Waals surface area (Å²) in [5.41, 5.74) is 3.96. The first-order valence-electron chi connectivity index (χ1n) is 5.57. The number of benzene rings is 1. The lowest BCUT2D eigenvalue weighted by atomic mass is 10.0. The molecule has 2 aromatic rings. The number of rotatable bonds is 3. The summed E-state index contributed by atoms with van der Waals surface area (Å²) in [4.78, 5) is 16.5. The molecule has 0 aliphatic rings. The van der Waals surface area contributed by atoms with Crippen LogP contribution in [0.15, 0.2) is 23.6 Å². The van der Waals surface area contributed by atoms with Gasteiger partial charge in [-0.25, -0.2) is 4.98 Å². The van der Waals surface area contributed by atoms with Crippen LogP contribution in [-0.2, 0) is 6.42 Å². The van der Waals surface area contributed by atoms with Crippen LogP contribution < -0.4 is 0 Å². The van der Waals surface area contributed by atoms with Gasteiger partial charge in [0.05, 0.1) is 6.42 Å². The fraction of sp³-hybridized carbons (Fsp3) is 0.286. The number of hydrogen-bond acceptors (Lipinski definition) is 3. The second kappa shape index (κ2) is 4.80. The minimum absolute atomic E-state index is 0.153. The first-order valence-corrected chi connectivity index (χ1v) is 6.45. The van der Waals surface area contributed by atoms with Gasteiger partial charge in [-0.15, -0.1) is 11.3 Å². The number of aromatic nitrogens is 1. The smallest absolute Gasteiger partial charge is 0.169 e. The zero-order valence-electron chi connectivity index (χ0n) is 10.3. The van der Waals surface area contributed by atoms with Crippen molar-refractivity contribution in [2.75, 3.05) is 0 Å². The van der Waals surface area contributed by atoms with Crippen LogP contribution in [0.5, 0.6) is 0 Å². The van der Waals surface area contributed by atoms with Gasteiger partial charge in [-0.2, -0.15) is 0 Å². The molecule has 1 aromatic carbocycles. The lowest BCUT2D eigenvalue weighted by Gasteiger charge is -2.04. The fourth-order valence-corrected chi connectivity index (χ4v) is 2.52. The molecular formula is C14H15NOS. The number of nitrogens with zero attached hydrogens (tertiary/aromatic N) is 1. The van der Waals surface area contributed by atoms with Crippen LogP contribution >= 0.6 is 11.3 Å². The molecule has 1 heterocycles. The Labute approximate surface area is 105 Å². The van der Waals surface area contributed by atoms with Gasteiger partial charge in [0.25, 0.3) is 0 Å². The highest BCUT2D eigenvalue weighted by atomic mass is 32.1. The van der Waals surface area contributed by atoms with Gasteiger partial charge in [0.1, 0.15) is 5.01 Å². The van der Waals surface area contributed by atoms with Crippen molar-refractivity contribution in [1.82, 2.24) is 4.98 Å². The van der Waals surface area contributed by atoms with Crippen molar-refractivity contribution >= 4 is 17.1 Å². The molecule has 0 spiro atoms. The highest BCUT2D eigenvalue weighted by Crippen LogP contribution is 2.16. The molecule has 0 N–H and O–H groups in total. The van der Waals surface area contributed by atoms with Crippen molar-refractivity contribution < 1.29 is 4.79 Å². The Morgan fingerprint density at radius 3 is 2.71 bits per heavy atom. The lowest BCUT2D eigenvalue weighted by Crippen LogP contribution is -2.05. The summed E-state index contributed by atoms with van der Waals surface area (Å²) in [6.45, 7) is 5.92. The molecule has 0 aliphatic carbocycles. The highest BCUT2D eigenvalue weighted by Gasteiger charge is 2.12. The van der Waals surface area contributed by atoms with Crippen LogP contribution in [0.3, 0.4) is 0 Å². The molecule has 0 aliphatic heterocycles. The monoisotopic (exact) mass is 245 g/mol. The fourth-order valence-electron chi connectivity index (χ4n) is 1.75. The maximum Gasteiger partial charge on any atom is 0.169 e. The van der Waals surface area contributed by atoms with Gasteiger partial charge in [0, 0.05) is 16.6 Å². The van der Waals surface area contributed by atoms with E-state index in [9.17, 15) is 4.79 Å². The number of hydrogen-bond donors (Lipinski definition) is 0. The first kappa shape index (κ1) is 12.0. The summed E-state index contributed by atoms with van der Waals surface area (Å²) in [6.07, 6.45) is 0.406. The molecule has 2 nitrogen and oxygen atoms in total. The quantitative estimate of drug-likeness (QED) is 0.775. The third-order valence-corrected chi connectivity index (χ3v) is 3.64. The Hall–Kier alpha value is -1.48. The zero-order valence-corrected chi connectivity index (χ0v) is 11.1. The lowest BCUT2D eigenvalue weighted by molar-refractivity contribution is 0.0992. The molecule has 0 bridgehead atoms. The molecule has 0 radical (unpaired) electrons. The average molecular weight is 245 g/mol. The minimum Gasteiger partial charge on any atom is -0.294 e.